The minimum Gasteiger partial charge on any atom is -0.486 e. The van der Waals surface area contributed by atoms with Crippen LogP contribution in [0.1, 0.15) is 5.56 Å². The van der Waals surface area contributed by atoms with E-state index in [4.69, 9.17) is 9.47 Å². The summed E-state index contributed by atoms with van der Waals surface area (Å²) in [5.74, 6) is 0.656. The third kappa shape index (κ3) is 3.74. The second kappa shape index (κ2) is 6.36. The zero-order valence-corrected chi connectivity index (χ0v) is 13.3. The van der Waals surface area contributed by atoms with Crippen LogP contribution < -0.4 is 14.2 Å². The number of benzene rings is 2. The number of rotatable bonds is 5. The summed E-state index contributed by atoms with van der Waals surface area (Å²) in [6, 6.07) is 10.3. The van der Waals surface area contributed by atoms with Crippen LogP contribution in [0.4, 0.5) is 11.4 Å². The fraction of sp³-hybridized carbons (Fsp3) is 0.200. The van der Waals surface area contributed by atoms with E-state index >= 15 is 0 Å². The van der Waals surface area contributed by atoms with Crippen molar-refractivity contribution in [1.82, 2.24) is 0 Å². The van der Waals surface area contributed by atoms with E-state index in [9.17, 15) is 18.5 Å². The van der Waals surface area contributed by atoms with Crippen molar-refractivity contribution in [1.29, 1.82) is 0 Å². The molecule has 1 aliphatic heterocycles. The summed E-state index contributed by atoms with van der Waals surface area (Å²) in [4.78, 5) is 10.2. The average Bonchev–Trinajstić information content (AvgIpc) is 2.54. The zero-order valence-electron chi connectivity index (χ0n) is 12.5. The Bertz CT molecular complexity index is 881. The number of anilines is 1. The van der Waals surface area contributed by atoms with E-state index in [0.29, 0.717) is 36.0 Å². The van der Waals surface area contributed by atoms with Gasteiger partial charge in [0.1, 0.15) is 13.2 Å². The van der Waals surface area contributed by atoms with Gasteiger partial charge in [0.15, 0.2) is 11.5 Å². The van der Waals surface area contributed by atoms with E-state index in [0.717, 1.165) is 0 Å². The Balaban J connectivity index is 1.76. The Labute approximate surface area is 138 Å². The molecule has 0 aromatic heterocycles. The third-order valence-corrected chi connectivity index (χ3v) is 4.55. The Morgan fingerprint density at radius 2 is 1.83 bits per heavy atom. The van der Waals surface area contributed by atoms with Crippen molar-refractivity contribution in [3.63, 3.8) is 0 Å². The highest BCUT2D eigenvalue weighted by Gasteiger charge is 2.17. The number of ether oxygens (including phenoxy) is 2. The summed E-state index contributed by atoms with van der Waals surface area (Å²) in [5.41, 5.74) is 0.515. The normalized spacial score (nSPS) is 13.3. The number of non-ortho nitro benzene ring substituents is 1. The molecular weight excluding hydrogens is 336 g/mol. The maximum atomic E-state index is 12.3. The van der Waals surface area contributed by atoms with Gasteiger partial charge in [-0.05, 0) is 17.7 Å². The van der Waals surface area contributed by atoms with Crippen LogP contribution in [0, 0.1) is 10.1 Å². The van der Waals surface area contributed by atoms with Crippen LogP contribution >= 0.6 is 0 Å². The number of hydrogen-bond donors (Lipinski definition) is 1. The van der Waals surface area contributed by atoms with Crippen molar-refractivity contribution in [3.05, 3.63) is 58.1 Å². The minimum atomic E-state index is -3.73. The van der Waals surface area contributed by atoms with Crippen LogP contribution in [0.5, 0.6) is 11.5 Å². The Morgan fingerprint density at radius 1 is 1.08 bits per heavy atom. The molecule has 0 unspecified atom stereocenters. The smallest absolute Gasteiger partial charge is 0.269 e. The molecule has 0 saturated heterocycles. The van der Waals surface area contributed by atoms with Crippen LogP contribution in [0.25, 0.3) is 0 Å². The van der Waals surface area contributed by atoms with E-state index in [-0.39, 0.29) is 11.4 Å². The van der Waals surface area contributed by atoms with Gasteiger partial charge in [0, 0.05) is 18.2 Å². The van der Waals surface area contributed by atoms with Gasteiger partial charge in [-0.25, -0.2) is 8.42 Å². The van der Waals surface area contributed by atoms with Gasteiger partial charge in [0.2, 0.25) is 10.0 Å². The van der Waals surface area contributed by atoms with Gasteiger partial charge in [-0.3, -0.25) is 14.8 Å². The summed E-state index contributed by atoms with van der Waals surface area (Å²) >= 11 is 0. The molecule has 0 saturated carbocycles. The molecule has 1 N–H and O–H groups in total. The molecule has 0 radical (unpaired) electrons. The Kier molecular flexibility index (Phi) is 4.26. The molecule has 8 nitrogen and oxygen atoms in total. The van der Waals surface area contributed by atoms with E-state index < -0.39 is 14.9 Å². The molecule has 0 fully saturated rings. The lowest BCUT2D eigenvalue weighted by Gasteiger charge is -2.19. The number of nitro groups is 1. The first-order valence-corrected chi connectivity index (χ1v) is 8.72. The highest BCUT2D eigenvalue weighted by molar-refractivity contribution is 7.91. The molecule has 3 rings (SSSR count). The molecule has 2 aromatic carbocycles. The first kappa shape index (κ1) is 16.1. The molecule has 0 aliphatic carbocycles. The van der Waals surface area contributed by atoms with Crippen LogP contribution in [0.2, 0.25) is 0 Å². The molecule has 0 bridgehead atoms. The predicted octanol–water partition coefficient (Wildman–Crippen LogP) is 2.31. The van der Waals surface area contributed by atoms with Crippen molar-refractivity contribution in [2.75, 3.05) is 17.9 Å². The summed E-state index contributed by atoms with van der Waals surface area (Å²) in [5, 5.41) is 10.8. The molecule has 126 valence electrons. The number of nitrogens with one attached hydrogen (secondary N) is 1. The van der Waals surface area contributed by atoms with Gasteiger partial charge in [-0.1, -0.05) is 12.1 Å². The summed E-state index contributed by atoms with van der Waals surface area (Å²) in [7, 11) is -3.73. The van der Waals surface area contributed by atoms with Crippen LogP contribution in [0.15, 0.2) is 42.5 Å². The van der Waals surface area contributed by atoms with Crippen molar-refractivity contribution < 1.29 is 22.8 Å². The second-order valence-electron chi connectivity index (χ2n) is 5.15. The lowest BCUT2D eigenvalue weighted by atomic mass is 10.2. The average molecular weight is 350 g/mol. The van der Waals surface area contributed by atoms with Crippen molar-refractivity contribution >= 4 is 21.4 Å². The highest BCUT2D eigenvalue weighted by Crippen LogP contribution is 2.33. The summed E-state index contributed by atoms with van der Waals surface area (Å²) < 4.78 is 37.7. The lowest BCUT2D eigenvalue weighted by molar-refractivity contribution is -0.384. The number of fused-ring (bicyclic) bond motifs is 1. The van der Waals surface area contributed by atoms with E-state index in [1.807, 2.05) is 0 Å². The largest absolute Gasteiger partial charge is 0.486 e. The van der Waals surface area contributed by atoms with Crippen molar-refractivity contribution in [2.24, 2.45) is 0 Å². The van der Waals surface area contributed by atoms with Crippen LogP contribution in [-0.4, -0.2) is 26.6 Å². The highest BCUT2D eigenvalue weighted by atomic mass is 32.2. The lowest BCUT2D eigenvalue weighted by Crippen LogP contribution is -2.17. The van der Waals surface area contributed by atoms with Crippen LogP contribution in [-0.2, 0) is 15.8 Å². The molecule has 1 aliphatic rings. The minimum absolute atomic E-state index is 0.151. The van der Waals surface area contributed by atoms with Crippen LogP contribution in [0.3, 0.4) is 0 Å². The van der Waals surface area contributed by atoms with Gasteiger partial charge < -0.3 is 9.47 Å². The zero-order chi connectivity index (χ0) is 17.2. The quantitative estimate of drug-likeness (QED) is 0.655. The Morgan fingerprint density at radius 3 is 2.58 bits per heavy atom. The van der Waals surface area contributed by atoms with Gasteiger partial charge in [0.05, 0.1) is 16.4 Å². The number of nitro benzene ring substituents is 1. The van der Waals surface area contributed by atoms with E-state index in [1.54, 1.807) is 18.2 Å². The topological polar surface area (TPSA) is 108 Å². The standard InChI is InChI=1S/C15H14N2O6S/c18-17(19)13-3-1-2-11(8-13)10-24(20,21)16-12-4-5-14-15(9-12)23-7-6-22-14/h1-5,8-9,16H,6-7,10H2. The monoisotopic (exact) mass is 350 g/mol. The maximum Gasteiger partial charge on any atom is 0.269 e. The SMILES string of the molecule is O=[N+]([O-])c1cccc(CS(=O)(=O)Nc2ccc3c(c2)OCCO3)c1. The van der Waals surface area contributed by atoms with Gasteiger partial charge in [-0.15, -0.1) is 0 Å². The molecule has 24 heavy (non-hydrogen) atoms. The molecule has 9 heteroatoms. The Hall–Kier alpha value is -2.81. The van der Waals surface area contributed by atoms with E-state index in [2.05, 4.69) is 4.72 Å². The molecule has 0 atom stereocenters. The second-order valence-corrected chi connectivity index (χ2v) is 6.87. The molecule has 0 amide bonds. The maximum absolute atomic E-state index is 12.3. The molecular formula is C15H14N2O6S. The van der Waals surface area contributed by atoms with Crippen molar-refractivity contribution in [3.8, 4) is 11.5 Å². The summed E-state index contributed by atoms with van der Waals surface area (Å²) in [6.45, 7) is 0.849. The third-order valence-electron chi connectivity index (χ3n) is 3.29. The molecule has 0 spiro atoms. The van der Waals surface area contributed by atoms with Crippen molar-refractivity contribution in [2.45, 2.75) is 5.75 Å². The van der Waals surface area contributed by atoms with Gasteiger partial charge in [0.25, 0.3) is 5.69 Å². The number of hydrogen-bond acceptors (Lipinski definition) is 6. The fourth-order valence-electron chi connectivity index (χ4n) is 2.30. The number of sulfonamides is 1. The van der Waals surface area contributed by atoms with E-state index in [1.165, 1.54) is 24.3 Å². The first-order valence-electron chi connectivity index (χ1n) is 7.06. The predicted molar refractivity (Wildman–Crippen MR) is 86.8 cm³/mol. The number of nitrogens with zero attached hydrogens (tertiary/aromatic N) is 1. The first-order chi connectivity index (χ1) is 11.4. The van der Waals surface area contributed by atoms with Gasteiger partial charge >= 0.3 is 0 Å². The fourth-order valence-corrected chi connectivity index (χ4v) is 3.48. The molecule has 1 heterocycles. The van der Waals surface area contributed by atoms with Gasteiger partial charge in [-0.2, -0.15) is 0 Å². The molecule has 2 aromatic rings. The summed E-state index contributed by atoms with van der Waals surface area (Å²) in [6.07, 6.45) is 0.